The zero-order valence-corrected chi connectivity index (χ0v) is 16.6. The summed E-state index contributed by atoms with van der Waals surface area (Å²) in [4.78, 5) is 16.3. The molecule has 10 heteroatoms. The number of rotatable bonds is 6. The number of aliphatic hydroxyl groups is 1. The van der Waals surface area contributed by atoms with Gasteiger partial charge in [-0.1, -0.05) is 6.07 Å². The molecule has 0 bridgehead atoms. The maximum atomic E-state index is 14.6. The maximum Gasteiger partial charge on any atom is 0.488 e. The molecular weight excluding hydrogens is 380 g/mol. The number of aliphatic hydroxyl groups excluding tert-OH is 1. The molecule has 158 valence electrons. The van der Waals surface area contributed by atoms with E-state index in [1.807, 2.05) is 6.92 Å². The summed E-state index contributed by atoms with van der Waals surface area (Å²) in [6, 6.07) is 1.26. The molecule has 1 fully saturated rings. The normalized spacial score (nSPS) is 21.9. The van der Waals surface area contributed by atoms with Crippen molar-refractivity contribution in [3.8, 4) is 0 Å². The molecule has 1 saturated heterocycles. The first-order valence-electron chi connectivity index (χ1n) is 9.82. The van der Waals surface area contributed by atoms with Crippen molar-refractivity contribution in [3.05, 3.63) is 40.5 Å². The third kappa shape index (κ3) is 3.98. The molecule has 8 nitrogen and oxygen atoms in total. The van der Waals surface area contributed by atoms with E-state index in [-0.39, 0.29) is 35.4 Å². The number of carbonyl (C=O) groups is 1. The summed E-state index contributed by atoms with van der Waals surface area (Å²) in [6.07, 6.45) is 0.277. The predicted octanol–water partition coefficient (Wildman–Crippen LogP) is -0.470. The van der Waals surface area contributed by atoms with E-state index in [4.69, 9.17) is 10.5 Å². The summed E-state index contributed by atoms with van der Waals surface area (Å²) < 4.78 is 19.8. The number of benzene rings is 1. The Morgan fingerprint density at radius 1 is 1.41 bits per heavy atom. The highest BCUT2D eigenvalue weighted by Gasteiger charge is 2.42. The smallest absolute Gasteiger partial charge is 0.465 e. The molecule has 0 amide bonds. The van der Waals surface area contributed by atoms with Gasteiger partial charge in [0.25, 0.3) is 0 Å². The van der Waals surface area contributed by atoms with Crippen LogP contribution in [0.15, 0.2) is 23.5 Å². The second-order valence-electron chi connectivity index (χ2n) is 7.23. The Morgan fingerprint density at radius 2 is 2.14 bits per heavy atom. The summed E-state index contributed by atoms with van der Waals surface area (Å²) in [7, 11) is -1.87. The first-order valence-corrected chi connectivity index (χ1v) is 9.82. The zero-order valence-electron chi connectivity index (χ0n) is 16.6. The van der Waals surface area contributed by atoms with Crippen molar-refractivity contribution < 1.29 is 29.1 Å². The van der Waals surface area contributed by atoms with Gasteiger partial charge in [0.05, 0.1) is 12.3 Å². The molecule has 2 heterocycles. The molecule has 0 saturated carbocycles. The van der Waals surface area contributed by atoms with Crippen molar-refractivity contribution in [2.24, 2.45) is 5.73 Å². The van der Waals surface area contributed by atoms with Crippen LogP contribution in [0.4, 0.5) is 4.39 Å². The Balaban J connectivity index is 2.02. The van der Waals surface area contributed by atoms with Crippen LogP contribution in [-0.4, -0.2) is 63.8 Å². The second-order valence-corrected chi connectivity index (χ2v) is 7.23. The number of nitrogens with two attached hydrogens (primary N) is 1. The number of hydrogen-bond acceptors (Lipinski definition) is 8. The monoisotopic (exact) mass is 407 g/mol. The first kappa shape index (κ1) is 21.6. The molecule has 2 aliphatic heterocycles. The van der Waals surface area contributed by atoms with Crippen LogP contribution in [0.2, 0.25) is 0 Å². The standard InChI is InChI=1S/C19H27BFN3O5/c1-3-23-7-5-6-15(23)16(22)17(19(26)29-4-2)24-10-13-12(18(24)25)8-11(20(27)28)9-14(13)21/h8-9,17-18,25,27-28H,3-7,10,22H2,1-2H3/b16-15-. The Bertz CT molecular complexity index is 819. The fourth-order valence-corrected chi connectivity index (χ4v) is 4.13. The molecule has 0 aromatic heterocycles. The Hall–Kier alpha value is -2.14. The number of hydrogen-bond donors (Lipinski definition) is 4. The number of allylic oxidation sites excluding steroid dienone is 1. The van der Waals surface area contributed by atoms with Gasteiger partial charge in [0.1, 0.15) is 12.0 Å². The Morgan fingerprint density at radius 3 is 2.76 bits per heavy atom. The highest BCUT2D eigenvalue weighted by atomic mass is 19.1. The highest BCUT2D eigenvalue weighted by molar-refractivity contribution is 6.58. The summed E-state index contributed by atoms with van der Waals surface area (Å²) in [5.74, 6) is -1.30. The number of carbonyl (C=O) groups excluding carboxylic acids is 1. The van der Waals surface area contributed by atoms with Crippen LogP contribution in [0.25, 0.3) is 0 Å². The van der Waals surface area contributed by atoms with Gasteiger partial charge in [-0.2, -0.15) is 0 Å². The summed E-state index contributed by atoms with van der Waals surface area (Å²) in [5, 5.41) is 29.6. The molecular formula is C19H27BFN3O5. The van der Waals surface area contributed by atoms with Crippen molar-refractivity contribution in [1.29, 1.82) is 0 Å². The lowest BCUT2D eigenvalue weighted by molar-refractivity contribution is -0.152. The lowest BCUT2D eigenvalue weighted by Gasteiger charge is -2.31. The minimum Gasteiger partial charge on any atom is -0.465 e. The fraction of sp³-hybridized carbons (Fsp3) is 0.526. The molecule has 0 spiro atoms. The van der Waals surface area contributed by atoms with Crippen LogP contribution < -0.4 is 11.2 Å². The van der Waals surface area contributed by atoms with Crippen molar-refractivity contribution in [2.45, 2.75) is 45.5 Å². The van der Waals surface area contributed by atoms with Crippen LogP contribution >= 0.6 is 0 Å². The molecule has 2 unspecified atom stereocenters. The number of halogens is 1. The van der Waals surface area contributed by atoms with Crippen molar-refractivity contribution >= 4 is 18.6 Å². The van der Waals surface area contributed by atoms with Gasteiger partial charge in [0.2, 0.25) is 0 Å². The minimum absolute atomic E-state index is 0.0618. The summed E-state index contributed by atoms with van der Waals surface area (Å²) in [6.45, 7) is 5.32. The Kier molecular flexibility index (Phi) is 6.47. The highest BCUT2D eigenvalue weighted by Crippen LogP contribution is 2.37. The molecule has 1 aromatic rings. The largest absolute Gasteiger partial charge is 0.488 e. The van der Waals surface area contributed by atoms with Crippen LogP contribution in [0.3, 0.4) is 0 Å². The van der Waals surface area contributed by atoms with Gasteiger partial charge in [0, 0.05) is 36.5 Å². The van der Waals surface area contributed by atoms with E-state index in [2.05, 4.69) is 4.90 Å². The molecule has 1 aromatic carbocycles. The van der Waals surface area contributed by atoms with Crippen molar-refractivity contribution in [2.75, 3.05) is 19.7 Å². The lowest BCUT2D eigenvalue weighted by atomic mass is 9.79. The van der Waals surface area contributed by atoms with E-state index >= 15 is 0 Å². The van der Waals surface area contributed by atoms with Gasteiger partial charge < -0.3 is 30.5 Å². The first-order chi connectivity index (χ1) is 13.8. The lowest BCUT2D eigenvalue weighted by Crippen LogP contribution is -2.46. The topological polar surface area (TPSA) is 119 Å². The van der Waals surface area contributed by atoms with Gasteiger partial charge in [-0.15, -0.1) is 0 Å². The van der Waals surface area contributed by atoms with Crippen molar-refractivity contribution in [3.63, 3.8) is 0 Å². The number of ether oxygens (including phenoxy) is 1. The number of nitrogens with zero attached hydrogens (tertiary/aromatic N) is 2. The second kappa shape index (κ2) is 8.70. The van der Waals surface area contributed by atoms with E-state index in [0.29, 0.717) is 6.42 Å². The molecule has 3 rings (SSSR count). The van der Waals surface area contributed by atoms with Gasteiger partial charge in [-0.3, -0.25) is 4.90 Å². The van der Waals surface area contributed by atoms with Crippen LogP contribution in [-0.2, 0) is 16.1 Å². The van der Waals surface area contributed by atoms with Gasteiger partial charge in [-0.05, 0) is 38.2 Å². The molecule has 0 aliphatic carbocycles. The van der Waals surface area contributed by atoms with Gasteiger partial charge >= 0.3 is 13.1 Å². The fourth-order valence-electron chi connectivity index (χ4n) is 4.13. The molecule has 2 aliphatic rings. The quantitative estimate of drug-likeness (QED) is 0.369. The zero-order chi connectivity index (χ0) is 21.3. The predicted molar refractivity (Wildman–Crippen MR) is 105 cm³/mol. The average Bonchev–Trinajstić information content (AvgIpc) is 3.28. The third-order valence-electron chi connectivity index (χ3n) is 5.56. The van der Waals surface area contributed by atoms with Crippen LogP contribution in [0.1, 0.15) is 44.0 Å². The van der Waals surface area contributed by atoms with Crippen LogP contribution in [0, 0.1) is 5.82 Å². The average molecular weight is 407 g/mol. The molecule has 29 heavy (non-hydrogen) atoms. The van der Waals surface area contributed by atoms with E-state index < -0.39 is 31.2 Å². The summed E-state index contributed by atoms with van der Waals surface area (Å²) >= 11 is 0. The molecule has 2 atom stereocenters. The van der Waals surface area contributed by atoms with E-state index in [1.54, 1.807) is 6.92 Å². The Labute approximate surface area is 169 Å². The van der Waals surface area contributed by atoms with Crippen molar-refractivity contribution in [1.82, 2.24) is 9.80 Å². The third-order valence-corrected chi connectivity index (χ3v) is 5.56. The number of esters is 1. The van der Waals surface area contributed by atoms with E-state index in [1.165, 1.54) is 11.0 Å². The van der Waals surface area contributed by atoms with E-state index in [0.717, 1.165) is 31.3 Å². The molecule has 0 radical (unpaired) electrons. The maximum absolute atomic E-state index is 14.6. The number of fused-ring (bicyclic) bond motifs is 1. The van der Waals surface area contributed by atoms with Gasteiger partial charge in [0.15, 0.2) is 6.04 Å². The summed E-state index contributed by atoms with van der Waals surface area (Å²) in [5.41, 5.74) is 7.84. The minimum atomic E-state index is -1.87. The SMILES string of the molecule is CCOC(=O)C(/C(N)=C1\CCCN1CC)N1Cc2c(F)cc(B(O)O)cc2C1O. The number of likely N-dealkylation sites (tertiary alicyclic amines) is 1. The van der Waals surface area contributed by atoms with Gasteiger partial charge in [-0.25, -0.2) is 9.18 Å². The van der Waals surface area contributed by atoms with Crippen LogP contribution in [0.5, 0.6) is 0 Å². The molecule has 5 N–H and O–H groups in total. The van der Waals surface area contributed by atoms with E-state index in [9.17, 15) is 24.3 Å².